The molecule has 1 rings (SSSR count). The molecule has 1 atom stereocenters. The molecule has 1 aromatic rings. The van der Waals surface area contributed by atoms with E-state index in [0.29, 0.717) is 6.04 Å². The normalized spacial score (nSPS) is 12.9. The molecule has 4 heteroatoms. The van der Waals surface area contributed by atoms with E-state index in [-0.39, 0.29) is 0 Å². The molecule has 0 saturated heterocycles. The summed E-state index contributed by atoms with van der Waals surface area (Å²) < 4.78 is 7.25. The fraction of sp³-hybridized carbons (Fsp3) is 0.750. The summed E-state index contributed by atoms with van der Waals surface area (Å²) in [5, 5.41) is 7.78. The van der Waals surface area contributed by atoms with E-state index in [1.54, 1.807) is 0 Å². The van der Waals surface area contributed by atoms with E-state index in [0.717, 1.165) is 32.7 Å². The number of rotatable bonds is 8. The Morgan fingerprint density at radius 3 is 2.88 bits per heavy atom. The van der Waals surface area contributed by atoms with Crippen LogP contribution in [0, 0.1) is 0 Å². The molecular formula is C12H23N3O. The molecule has 0 aliphatic rings. The van der Waals surface area contributed by atoms with Gasteiger partial charge in [0.15, 0.2) is 0 Å². The second kappa shape index (κ2) is 7.41. The Morgan fingerprint density at radius 2 is 2.25 bits per heavy atom. The van der Waals surface area contributed by atoms with Crippen molar-refractivity contribution in [3.05, 3.63) is 18.0 Å². The van der Waals surface area contributed by atoms with Gasteiger partial charge in [-0.3, -0.25) is 4.68 Å². The third-order valence-corrected chi connectivity index (χ3v) is 2.58. The lowest BCUT2D eigenvalue weighted by atomic mass is 10.1. The van der Waals surface area contributed by atoms with Crippen LogP contribution in [0.25, 0.3) is 0 Å². The van der Waals surface area contributed by atoms with Crippen molar-refractivity contribution in [3.8, 4) is 0 Å². The molecule has 0 aliphatic heterocycles. The van der Waals surface area contributed by atoms with Gasteiger partial charge in [0.25, 0.3) is 0 Å². The molecule has 0 bridgehead atoms. The van der Waals surface area contributed by atoms with Gasteiger partial charge in [-0.1, -0.05) is 13.8 Å². The molecule has 0 aliphatic carbocycles. The van der Waals surface area contributed by atoms with Gasteiger partial charge in [0.05, 0.1) is 19.3 Å². The highest BCUT2D eigenvalue weighted by Crippen LogP contribution is 2.14. The Balaban J connectivity index is 2.48. The predicted octanol–water partition coefficient (Wildman–Crippen LogP) is 1.98. The van der Waals surface area contributed by atoms with Crippen molar-refractivity contribution < 1.29 is 4.74 Å². The molecule has 1 heterocycles. The van der Waals surface area contributed by atoms with Gasteiger partial charge in [-0.2, -0.15) is 5.10 Å². The van der Waals surface area contributed by atoms with E-state index in [2.05, 4.69) is 30.5 Å². The van der Waals surface area contributed by atoms with E-state index < -0.39 is 0 Å². The minimum absolute atomic E-state index is 0.422. The maximum atomic E-state index is 5.30. The average molecular weight is 225 g/mol. The summed E-state index contributed by atoms with van der Waals surface area (Å²) in [5.41, 5.74) is 1.26. The molecule has 0 amide bonds. The number of aromatic nitrogens is 2. The first kappa shape index (κ1) is 13.2. The predicted molar refractivity (Wildman–Crippen MR) is 65.4 cm³/mol. The standard InChI is InChI=1S/C12H23N3O/c1-4-12(13-5-2)11-9-14-15(10-11)7-8-16-6-3/h9-10,12-13H,4-8H2,1-3H3. The van der Waals surface area contributed by atoms with Crippen LogP contribution in [0.2, 0.25) is 0 Å². The van der Waals surface area contributed by atoms with Gasteiger partial charge in [0.2, 0.25) is 0 Å². The first-order chi connectivity index (χ1) is 7.81. The van der Waals surface area contributed by atoms with Crippen molar-refractivity contribution in [1.82, 2.24) is 15.1 Å². The van der Waals surface area contributed by atoms with Gasteiger partial charge < -0.3 is 10.1 Å². The molecule has 0 aromatic carbocycles. The summed E-state index contributed by atoms with van der Waals surface area (Å²) in [7, 11) is 0. The van der Waals surface area contributed by atoms with Crippen LogP contribution in [0.4, 0.5) is 0 Å². The van der Waals surface area contributed by atoms with Crippen molar-refractivity contribution in [2.75, 3.05) is 19.8 Å². The van der Waals surface area contributed by atoms with Crippen LogP contribution in [0.15, 0.2) is 12.4 Å². The van der Waals surface area contributed by atoms with E-state index in [1.165, 1.54) is 5.56 Å². The van der Waals surface area contributed by atoms with Gasteiger partial charge in [0.1, 0.15) is 0 Å². The summed E-state index contributed by atoms with van der Waals surface area (Å²) >= 11 is 0. The number of hydrogen-bond acceptors (Lipinski definition) is 3. The second-order valence-electron chi connectivity index (χ2n) is 3.75. The summed E-state index contributed by atoms with van der Waals surface area (Å²) in [5.74, 6) is 0. The largest absolute Gasteiger partial charge is 0.380 e. The zero-order valence-electron chi connectivity index (χ0n) is 10.6. The van der Waals surface area contributed by atoms with E-state index in [9.17, 15) is 0 Å². The summed E-state index contributed by atoms with van der Waals surface area (Å²) in [6.45, 7) is 9.64. The molecule has 0 saturated carbocycles. The monoisotopic (exact) mass is 225 g/mol. The minimum Gasteiger partial charge on any atom is -0.380 e. The SMILES string of the molecule is CCNC(CC)c1cnn(CCOCC)c1. The maximum absolute atomic E-state index is 5.30. The Labute approximate surface area is 98.0 Å². The Hall–Kier alpha value is -0.870. The van der Waals surface area contributed by atoms with Crippen molar-refractivity contribution in [3.63, 3.8) is 0 Å². The zero-order valence-corrected chi connectivity index (χ0v) is 10.6. The molecule has 4 nitrogen and oxygen atoms in total. The summed E-state index contributed by atoms with van der Waals surface area (Å²) in [4.78, 5) is 0. The van der Waals surface area contributed by atoms with Crippen LogP contribution in [-0.4, -0.2) is 29.5 Å². The lowest BCUT2D eigenvalue weighted by Gasteiger charge is -2.13. The molecule has 0 fully saturated rings. The first-order valence-corrected chi connectivity index (χ1v) is 6.15. The van der Waals surface area contributed by atoms with Crippen LogP contribution in [-0.2, 0) is 11.3 Å². The summed E-state index contributed by atoms with van der Waals surface area (Å²) in [6.07, 6.45) is 5.14. The summed E-state index contributed by atoms with van der Waals surface area (Å²) in [6, 6.07) is 0.422. The number of nitrogens with one attached hydrogen (secondary N) is 1. The maximum Gasteiger partial charge on any atom is 0.0662 e. The van der Waals surface area contributed by atoms with E-state index in [4.69, 9.17) is 4.74 Å². The van der Waals surface area contributed by atoms with Gasteiger partial charge in [-0.05, 0) is 19.9 Å². The van der Waals surface area contributed by atoms with Gasteiger partial charge in [-0.15, -0.1) is 0 Å². The van der Waals surface area contributed by atoms with Crippen molar-refractivity contribution >= 4 is 0 Å². The van der Waals surface area contributed by atoms with Crippen molar-refractivity contribution in [1.29, 1.82) is 0 Å². The van der Waals surface area contributed by atoms with Crippen LogP contribution < -0.4 is 5.32 Å². The van der Waals surface area contributed by atoms with Gasteiger partial charge in [-0.25, -0.2) is 0 Å². The van der Waals surface area contributed by atoms with Gasteiger partial charge >= 0.3 is 0 Å². The fourth-order valence-electron chi connectivity index (χ4n) is 1.73. The molecule has 0 radical (unpaired) electrons. The average Bonchev–Trinajstić information content (AvgIpc) is 2.75. The molecule has 1 aromatic heterocycles. The van der Waals surface area contributed by atoms with E-state index in [1.807, 2.05) is 17.8 Å². The minimum atomic E-state index is 0.422. The number of ether oxygens (including phenoxy) is 1. The molecular weight excluding hydrogens is 202 g/mol. The fourth-order valence-corrected chi connectivity index (χ4v) is 1.73. The second-order valence-corrected chi connectivity index (χ2v) is 3.75. The molecule has 0 spiro atoms. The van der Waals surface area contributed by atoms with Crippen LogP contribution >= 0.6 is 0 Å². The molecule has 1 unspecified atom stereocenters. The van der Waals surface area contributed by atoms with Crippen molar-refractivity contribution in [2.24, 2.45) is 0 Å². The van der Waals surface area contributed by atoms with Gasteiger partial charge in [0, 0.05) is 24.4 Å². The smallest absolute Gasteiger partial charge is 0.0662 e. The molecule has 16 heavy (non-hydrogen) atoms. The van der Waals surface area contributed by atoms with Crippen LogP contribution in [0.3, 0.4) is 0 Å². The highest BCUT2D eigenvalue weighted by molar-refractivity contribution is 5.10. The highest BCUT2D eigenvalue weighted by Gasteiger charge is 2.09. The van der Waals surface area contributed by atoms with Crippen LogP contribution in [0.5, 0.6) is 0 Å². The third kappa shape index (κ3) is 3.94. The topological polar surface area (TPSA) is 39.1 Å². The molecule has 1 N–H and O–H groups in total. The molecule has 92 valence electrons. The Kier molecular flexibility index (Phi) is 6.11. The Morgan fingerprint density at radius 1 is 1.44 bits per heavy atom. The lowest BCUT2D eigenvalue weighted by Crippen LogP contribution is -2.19. The quantitative estimate of drug-likeness (QED) is 0.688. The number of hydrogen-bond donors (Lipinski definition) is 1. The zero-order chi connectivity index (χ0) is 11.8. The first-order valence-electron chi connectivity index (χ1n) is 6.15. The highest BCUT2D eigenvalue weighted by atomic mass is 16.5. The number of nitrogens with zero attached hydrogens (tertiary/aromatic N) is 2. The lowest BCUT2D eigenvalue weighted by molar-refractivity contribution is 0.136. The third-order valence-electron chi connectivity index (χ3n) is 2.58. The Bertz CT molecular complexity index is 286. The van der Waals surface area contributed by atoms with Crippen molar-refractivity contribution in [2.45, 2.75) is 39.8 Å². The van der Waals surface area contributed by atoms with Crippen LogP contribution in [0.1, 0.15) is 38.8 Å². The van der Waals surface area contributed by atoms with E-state index >= 15 is 0 Å².